The van der Waals surface area contributed by atoms with Crippen molar-refractivity contribution in [1.29, 1.82) is 0 Å². The lowest BCUT2D eigenvalue weighted by Crippen LogP contribution is -2.11. The van der Waals surface area contributed by atoms with Gasteiger partial charge in [0.25, 0.3) is 0 Å². The number of anilines is 2. The van der Waals surface area contributed by atoms with Gasteiger partial charge in [-0.1, -0.05) is 0 Å². The molecule has 0 fully saturated rings. The summed E-state index contributed by atoms with van der Waals surface area (Å²) in [7, 11) is 1.53. The molecule has 0 saturated carbocycles. The lowest BCUT2D eigenvalue weighted by Gasteiger charge is -2.12. The first-order chi connectivity index (χ1) is 9.88. The SMILES string of the molecule is CNc1cc(C(F)(F)F)cc(NCCc2csc(C)n2)n1. The Kier molecular flexibility index (Phi) is 4.66. The molecule has 0 unspecified atom stereocenters. The Hall–Kier alpha value is -1.83. The van der Waals surface area contributed by atoms with Crippen LogP contribution >= 0.6 is 11.3 Å². The van der Waals surface area contributed by atoms with Crippen molar-refractivity contribution in [3.63, 3.8) is 0 Å². The van der Waals surface area contributed by atoms with Gasteiger partial charge in [0.05, 0.1) is 16.3 Å². The highest BCUT2D eigenvalue weighted by atomic mass is 32.1. The Morgan fingerprint density at radius 3 is 2.48 bits per heavy atom. The van der Waals surface area contributed by atoms with Crippen molar-refractivity contribution in [2.75, 3.05) is 24.2 Å². The summed E-state index contributed by atoms with van der Waals surface area (Å²) in [5, 5.41) is 8.44. The van der Waals surface area contributed by atoms with Crippen molar-refractivity contribution < 1.29 is 13.2 Å². The van der Waals surface area contributed by atoms with Crippen molar-refractivity contribution in [2.24, 2.45) is 0 Å². The van der Waals surface area contributed by atoms with E-state index in [4.69, 9.17) is 0 Å². The molecule has 0 saturated heterocycles. The van der Waals surface area contributed by atoms with E-state index in [0.717, 1.165) is 22.8 Å². The molecule has 21 heavy (non-hydrogen) atoms. The molecule has 0 bridgehead atoms. The molecule has 0 aromatic carbocycles. The summed E-state index contributed by atoms with van der Waals surface area (Å²) >= 11 is 1.55. The lowest BCUT2D eigenvalue weighted by atomic mass is 10.2. The zero-order valence-electron chi connectivity index (χ0n) is 11.6. The van der Waals surface area contributed by atoms with Crippen LogP contribution in [-0.2, 0) is 12.6 Å². The van der Waals surface area contributed by atoms with Gasteiger partial charge in [-0.25, -0.2) is 9.97 Å². The highest BCUT2D eigenvalue weighted by Crippen LogP contribution is 2.31. The third kappa shape index (κ3) is 4.32. The highest BCUT2D eigenvalue weighted by Gasteiger charge is 2.31. The van der Waals surface area contributed by atoms with Crippen molar-refractivity contribution in [1.82, 2.24) is 9.97 Å². The van der Waals surface area contributed by atoms with Gasteiger partial charge < -0.3 is 10.6 Å². The molecular weight excluding hydrogens is 301 g/mol. The largest absolute Gasteiger partial charge is 0.416 e. The Labute approximate surface area is 124 Å². The van der Waals surface area contributed by atoms with Crippen molar-refractivity contribution in [2.45, 2.75) is 19.5 Å². The second-order valence-electron chi connectivity index (χ2n) is 4.41. The first kappa shape index (κ1) is 15.6. The molecule has 2 N–H and O–H groups in total. The van der Waals surface area contributed by atoms with E-state index in [1.54, 1.807) is 11.3 Å². The van der Waals surface area contributed by atoms with Crippen molar-refractivity contribution >= 4 is 23.0 Å². The first-order valence-corrected chi connectivity index (χ1v) is 7.18. The van der Waals surface area contributed by atoms with Crippen molar-refractivity contribution in [3.8, 4) is 0 Å². The second kappa shape index (κ2) is 6.30. The van der Waals surface area contributed by atoms with Gasteiger partial charge in [-0.3, -0.25) is 0 Å². The number of nitrogens with zero attached hydrogens (tertiary/aromatic N) is 2. The molecule has 8 heteroatoms. The second-order valence-corrected chi connectivity index (χ2v) is 5.47. The number of halogens is 3. The number of nitrogens with one attached hydrogen (secondary N) is 2. The number of hydrogen-bond acceptors (Lipinski definition) is 5. The van der Waals surface area contributed by atoms with Gasteiger partial charge in [0.1, 0.15) is 11.6 Å². The topological polar surface area (TPSA) is 49.8 Å². The van der Waals surface area contributed by atoms with Crippen LogP contribution in [0.4, 0.5) is 24.8 Å². The molecule has 0 radical (unpaired) electrons. The predicted molar refractivity (Wildman–Crippen MR) is 77.8 cm³/mol. The van der Waals surface area contributed by atoms with E-state index in [9.17, 15) is 13.2 Å². The Balaban J connectivity index is 2.05. The summed E-state index contributed by atoms with van der Waals surface area (Å²) in [6, 6.07) is 1.99. The van der Waals surface area contributed by atoms with Crippen LogP contribution in [0.25, 0.3) is 0 Å². The summed E-state index contributed by atoms with van der Waals surface area (Å²) in [5.74, 6) is 0.373. The maximum atomic E-state index is 12.8. The van der Waals surface area contributed by atoms with E-state index in [2.05, 4.69) is 20.6 Å². The number of aromatic nitrogens is 2. The first-order valence-electron chi connectivity index (χ1n) is 6.30. The Bertz CT molecular complexity index is 610. The van der Waals surface area contributed by atoms with E-state index in [-0.39, 0.29) is 11.6 Å². The Morgan fingerprint density at radius 2 is 1.90 bits per heavy atom. The van der Waals surface area contributed by atoms with Crippen LogP contribution in [0.15, 0.2) is 17.5 Å². The monoisotopic (exact) mass is 316 g/mol. The van der Waals surface area contributed by atoms with Crippen LogP contribution in [0.5, 0.6) is 0 Å². The van der Waals surface area contributed by atoms with Crippen LogP contribution in [0.2, 0.25) is 0 Å². The van der Waals surface area contributed by atoms with Crippen LogP contribution in [0.3, 0.4) is 0 Å². The summed E-state index contributed by atoms with van der Waals surface area (Å²) in [5.41, 5.74) is 0.194. The van der Waals surface area contributed by atoms with E-state index in [0.29, 0.717) is 13.0 Å². The molecule has 0 amide bonds. The van der Waals surface area contributed by atoms with Gasteiger partial charge >= 0.3 is 6.18 Å². The highest BCUT2D eigenvalue weighted by molar-refractivity contribution is 7.09. The van der Waals surface area contributed by atoms with Gasteiger partial charge in [-0.05, 0) is 19.1 Å². The summed E-state index contributed by atoms with van der Waals surface area (Å²) in [6.07, 6.45) is -3.76. The predicted octanol–water partition coefficient (Wildman–Crippen LogP) is 3.56. The Morgan fingerprint density at radius 1 is 1.19 bits per heavy atom. The van der Waals surface area contributed by atoms with Crippen LogP contribution < -0.4 is 10.6 Å². The van der Waals surface area contributed by atoms with Crippen LogP contribution in [0, 0.1) is 6.92 Å². The molecule has 4 nitrogen and oxygen atoms in total. The summed E-state index contributed by atoms with van der Waals surface area (Å²) in [6.45, 7) is 2.38. The maximum absolute atomic E-state index is 12.8. The van der Waals surface area contributed by atoms with Crippen LogP contribution in [-0.4, -0.2) is 23.6 Å². The number of hydrogen-bond donors (Lipinski definition) is 2. The normalized spacial score (nSPS) is 11.5. The summed E-state index contributed by atoms with van der Waals surface area (Å²) < 4.78 is 38.3. The smallest absolute Gasteiger partial charge is 0.373 e. The fraction of sp³-hybridized carbons (Fsp3) is 0.385. The minimum absolute atomic E-state index is 0.178. The van der Waals surface area contributed by atoms with Gasteiger partial charge in [-0.2, -0.15) is 13.2 Å². The average molecular weight is 316 g/mol. The standard InChI is InChI=1S/C13H15F3N4S/c1-8-19-10(7-21-8)3-4-18-12-6-9(13(14,15)16)5-11(17-2)20-12/h5-7H,3-4H2,1-2H3,(H2,17,18,20). The molecule has 0 aliphatic rings. The molecule has 0 spiro atoms. The number of thiazole rings is 1. The number of aryl methyl sites for hydroxylation is 1. The summed E-state index contributed by atoms with van der Waals surface area (Å²) in [4.78, 5) is 8.36. The van der Waals surface area contributed by atoms with Crippen molar-refractivity contribution in [3.05, 3.63) is 33.8 Å². The van der Waals surface area contributed by atoms with Gasteiger partial charge in [0.2, 0.25) is 0 Å². The van der Waals surface area contributed by atoms with Gasteiger partial charge in [0, 0.05) is 25.4 Å². The zero-order chi connectivity index (χ0) is 15.5. The van der Waals surface area contributed by atoms with Crippen LogP contribution in [0.1, 0.15) is 16.3 Å². The number of rotatable bonds is 5. The minimum Gasteiger partial charge on any atom is -0.373 e. The van der Waals surface area contributed by atoms with E-state index < -0.39 is 11.7 Å². The third-order valence-electron chi connectivity index (χ3n) is 2.76. The van der Waals surface area contributed by atoms with Gasteiger partial charge in [-0.15, -0.1) is 11.3 Å². The molecule has 0 aliphatic carbocycles. The molecule has 2 aromatic heterocycles. The average Bonchev–Trinajstić information content (AvgIpc) is 2.83. The van der Waals surface area contributed by atoms with E-state index in [1.807, 2.05) is 12.3 Å². The number of pyridine rings is 1. The molecule has 0 atom stereocenters. The quantitative estimate of drug-likeness (QED) is 0.885. The van der Waals surface area contributed by atoms with E-state index >= 15 is 0 Å². The molecular formula is C13H15F3N4S. The molecule has 2 aromatic rings. The lowest BCUT2D eigenvalue weighted by molar-refractivity contribution is -0.137. The molecule has 2 heterocycles. The fourth-order valence-electron chi connectivity index (χ4n) is 1.75. The maximum Gasteiger partial charge on any atom is 0.416 e. The van der Waals surface area contributed by atoms with E-state index in [1.165, 1.54) is 7.05 Å². The van der Waals surface area contributed by atoms with Gasteiger partial charge in [0.15, 0.2) is 0 Å². The third-order valence-corrected chi connectivity index (χ3v) is 3.58. The molecule has 0 aliphatic heterocycles. The molecule has 114 valence electrons. The zero-order valence-corrected chi connectivity index (χ0v) is 12.4. The fourth-order valence-corrected chi connectivity index (χ4v) is 2.40. The molecule has 2 rings (SSSR count). The number of alkyl halides is 3. The minimum atomic E-state index is -4.39.